The minimum Gasteiger partial charge on any atom is -0.351 e. The fourth-order valence-electron chi connectivity index (χ4n) is 4.21. The van der Waals surface area contributed by atoms with Crippen molar-refractivity contribution in [2.75, 3.05) is 12.3 Å². The maximum atomic E-state index is 12.2. The lowest BCUT2D eigenvalue weighted by molar-refractivity contribution is -0.00360. The van der Waals surface area contributed by atoms with Gasteiger partial charge in [0.05, 0.1) is 11.9 Å². The molecule has 3 fully saturated rings. The van der Waals surface area contributed by atoms with Crippen LogP contribution >= 0.6 is 11.3 Å². The molecule has 3 saturated carbocycles. The van der Waals surface area contributed by atoms with Crippen LogP contribution in [0.15, 0.2) is 10.5 Å². The molecule has 0 spiro atoms. The van der Waals surface area contributed by atoms with Crippen molar-refractivity contribution < 1.29 is 13.2 Å². The van der Waals surface area contributed by atoms with Crippen LogP contribution in [0, 0.1) is 10.8 Å². The van der Waals surface area contributed by atoms with Gasteiger partial charge in [-0.3, -0.25) is 4.79 Å². The first-order valence-corrected chi connectivity index (χ1v) is 11.7. The molecule has 0 aliphatic heterocycles. The van der Waals surface area contributed by atoms with Gasteiger partial charge in [0.15, 0.2) is 0 Å². The van der Waals surface area contributed by atoms with E-state index in [2.05, 4.69) is 17.2 Å². The number of carbonyl (C=O) groups excluding carboxylic acids is 1. The molecule has 7 heteroatoms. The van der Waals surface area contributed by atoms with Gasteiger partial charge in [0.25, 0.3) is 5.91 Å². The molecular formula is C18H28N2O3S2. The first-order valence-electron chi connectivity index (χ1n) is 9.24. The Bertz CT molecular complexity index is 715. The summed E-state index contributed by atoms with van der Waals surface area (Å²) in [5, 5.41) is 2.92. The fraction of sp³-hybridized carbons (Fsp3) is 0.778. The minimum absolute atomic E-state index is 0.00268. The van der Waals surface area contributed by atoms with Crippen molar-refractivity contribution >= 4 is 27.1 Å². The van der Waals surface area contributed by atoms with E-state index in [-0.39, 0.29) is 16.0 Å². The monoisotopic (exact) mass is 384 g/mol. The Morgan fingerprint density at radius 1 is 1.24 bits per heavy atom. The van der Waals surface area contributed by atoms with Gasteiger partial charge in [0.2, 0.25) is 14.2 Å². The third-order valence-corrected chi connectivity index (χ3v) is 9.50. The third kappa shape index (κ3) is 4.08. The van der Waals surface area contributed by atoms with E-state index < -0.39 is 9.84 Å². The summed E-state index contributed by atoms with van der Waals surface area (Å²) in [4.78, 5) is 16.4. The normalized spacial score (nSPS) is 28.9. The third-order valence-electron chi connectivity index (χ3n) is 6.30. The first kappa shape index (κ1) is 18.8. The molecule has 0 unspecified atom stereocenters. The summed E-state index contributed by atoms with van der Waals surface area (Å²) in [7, 11) is -3.34. The zero-order valence-electron chi connectivity index (χ0n) is 15.1. The number of carbonyl (C=O) groups is 1. The predicted octanol–water partition coefficient (Wildman–Crippen LogP) is 3.81. The van der Waals surface area contributed by atoms with E-state index in [1.165, 1.54) is 51.1 Å². The molecule has 3 aliphatic carbocycles. The van der Waals surface area contributed by atoms with Gasteiger partial charge < -0.3 is 5.32 Å². The number of hydrogen-bond acceptors (Lipinski definition) is 5. The molecule has 4 rings (SSSR count). The summed E-state index contributed by atoms with van der Waals surface area (Å²) in [6.07, 6.45) is 11.6. The molecule has 2 bridgehead atoms. The topological polar surface area (TPSA) is 76.1 Å². The zero-order valence-corrected chi connectivity index (χ0v) is 16.8. The van der Waals surface area contributed by atoms with Crippen LogP contribution in [-0.4, -0.2) is 31.6 Å². The molecule has 0 radical (unpaired) electrons. The number of nitrogens with zero attached hydrogens (tertiary/aromatic N) is 1. The molecule has 3 aliphatic rings. The largest absolute Gasteiger partial charge is 0.351 e. The number of thiazole rings is 1. The van der Waals surface area contributed by atoms with Crippen molar-refractivity contribution in [2.45, 2.75) is 69.6 Å². The van der Waals surface area contributed by atoms with Crippen molar-refractivity contribution in [3.05, 3.63) is 11.1 Å². The van der Waals surface area contributed by atoms with Gasteiger partial charge >= 0.3 is 0 Å². The Morgan fingerprint density at radius 3 is 2.48 bits per heavy atom. The Kier molecular flexibility index (Phi) is 5.26. The second-order valence-electron chi connectivity index (χ2n) is 8.06. The summed E-state index contributed by atoms with van der Waals surface area (Å²) < 4.78 is 23.6. The Balaban J connectivity index is 1.46. The van der Waals surface area contributed by atoms with Crippen LogP contribution in [0.1, 0.15) is 74.9 Å². The van der Waals surface area contributed by atoms with Crippen LogP contribution in [0.5, 0.6) is 0 Å². The minimum atomic E-state index is -3.34. The number of nitrogens with one attached hydrogen (secondary N) is 1. The number of sulfone groups is 1. The lowest BCUT2D eigenvalue weighted by Gasteiger charge is -2.52. The van der Waals surface area contributed by atoms with Crippen molar-refractivity contribution in [2.24, 2.45) is 10.8 Å². The number of aromatic nitrogens is 1. The van der Waals surface area contributed by atoms with Crippen LogP contribution in [-0.2, 0) is 9.84 Å². The average molecular weight is 385 g/mol. The maximum Gasteiger partial charge on any atom is 0.263 e. The van der Waals surface area contributed by atoms with Gasteiger partial charge in [0.1, 0.15) is 4.88 Å². The summed E-state index contributed by atoms with van der Waals surface area (Å²) in [5.41, 5.74) is 1.11. The van der Waals surface area contributed by atoms with E-state index in [1.54, 1.807) is 6.92 Å². The summed E-state index contributed by atoms with van der Waals surface area (Å²) in [6, 6.07) is 0. The number of rotatable bonds is 7. The van der Waals surface area contributed by atoms with Gasteiger partial charge in [0, 0.05) is 6.54 Å². The van der Waals surface area contributed by atoms with Crippen LogP contribution in [0.2, 0.25) is 0 Å². The highest BCUT2D eigenvalue weighted by atomic mass is 32.2. The van der Waals surface area contributed by atoms with E-state index in [0.29, 0.717) is 22.3 Å². The SMILES string of the molecule is CCS(=O)(=O)c1ncc(C(=O)NCCCC23CCC(C)(CC2)CC3)s1. The van der Waals surface area contributed by atoms with E-state index in [0.717, 1.165) is 17.8 Å². The van der Waals surface area contributed by atoms with Crippen LogP contribution < -0.4 is 5.32 Å². The standard InChI is InChI=1S/C18H28N2O3S2/c1-3-25(22,23)16-20-13-14(24-16)15(21)19-12-4-5-18-9-6-17(2,7-10-18)8-11-18/h13H,3-12H2,1-2H3,(H,19,21). The summed E-state index contributed by atoms with van der Waals surface area (Å²) in [5.74, 6) is -0.213. The molecule has 0 aromatic carbocycles. The second kappa shape index (κ2) is 6.99. The molecule has 1 heterocycles. The van der Waals surface area contributed by atoms with E-state index in [9.17, 15) is 13.2 Å². The predicted molar refractivity (Wildman–Crippen MR) is 99.7 cm³/mol. The molecule has 5 nitrogen and oxygen atoms in total. The maximum absolute atomic E-state index is 12.2. The molecule has 1 aromatic heterocycles. The average Bonchev–Trinajstić information content (AvgIpc) is 3.11. The lowest BCUT2D eigenvalue weighted by atomic mass is 9.53. The van der Waals surface area contributed by atoms with Crippen LogP contribution in [0.4, 0.5) is 0 Å². The molecule has 140 valence electrons. The number of fused-ring (bicyclic) bond motifs is 3. The number of hydrogen-bond donors (Lipinski definition) is 1. The lowest BCUT2D eigenvalue weighted by Crippen LogP contribution is -2.40. The molecule has 1 aromatic rings. The van der Waals surface area contributed by atoms with Gasteiger partial charge in [-0.1, -0.05) is 25.2 Å². The molecule has 1 amide bonds. The highest BCUT2D eigenvalue weighted by Crippen LogP contribution is 2.58. The highest BCUT2D eigenvalue weighted by molar-refractivity contribution is 7.93. The summed E-state index contributed by atoms with van der Waals surface area (Å²) >= 11 is 0.957. The highest BCUT2D eigenvalue weighted by Gasteiger charge is 2.45. The van der Waals surface area contributed by atoms with Gasteiger partial charge in [-0.15, -0.1) is 0 Å². The molecule has 25 heavy (non-hydrogen) atoms. The summed E-state index contributed by atoms with van der Waals surface area (Å²) in [6.45, 7) is 4.65. The van der Waals surface area contributed by atoms with Crippen LogP contribution in [0.25, 0.3) is 0 Å². The van der Waals surface area contributed by atoms with Crippen molar-refractivity contribution in [1.29, 1.82) is 0 Å². The second-order valence-corrected chi connectivity index (χ2v) is 11.5. The zero-order chi connectivity index (χ0) is 18.1. The molecular weight excluding hydrogens is 356 g/mol. The van der Waals surface area contributed by atoms with Crippen molar-refractivity contribution in [1.82, 2.24) is 10.3 Å². The van der Waals surface area contributed by atoms with E-state index >= 15 is 0 Å². The van der Waals surface area contributed by atoms with Crippen LogP contribution in [0.3, 0.4) is 0 Å². The fourth-order valence-corrected chi connectivity index (χ4v) is 6.36. The van der Waals surface area contributed by atoms with Gasteiger partial charge in [-0.2, -0.15) is 0 Å². The Morgan fingerprint density at radius 2 is 1.88 bits per heavy atom. The Hall–Kier alpha value is -0.950. The van der Waals surface area contributed by atoms with Crippen molar-refractivity contribution in [3.63, 3.8) is 0 Å². The number of amides is 1. The van der Waals surface area contributed by atoms with E-state index in [4.69, 9.17) is 0 Å². The van der Waals surface area contributed by atoms with Gasteiger partial charge in [-0.25, -0.2) is 13.4 Å². The van der Waals surface area contributed by atoms with E-state index in [1.807, 2.05) is 0 Å². The van der Waals surface area contributed by atoms with Gasteiger partial charge in [-0.05, 0) is 62.2 Å². The Labute approximate surface area is 154 Å². The van der Waals surface area contributed by atoms with Crippen molar-refractivity contribution in [3.8, 4) is 0 Å². The quantitative estimate of drug-likeness (QED) is 0.725. The first-order chi connectivity index (χ1) is 11.8. The smallest absolute Gasteiger partial charge is 0.263 e. The molecule has 0 atom stereocenters. The molecule has 1 N–H and O–H groups in total. The molecule has 0 saturated heterocycles.